The molecule has 2 atom stereocenters. The number of piperidine rings is 1. The summed E-state index contributed by atoms with van der Waals surface area (Å²) in [5.74, 6) is 0.855. The smallest absolute Gasteiger partial charge is 0.0101 e. The summed E-state index contributed by atoms with van der Waals surface area (Å²) >= 11 is 0. The van der Waals surface area contributed by atoms with Gasteiger partial charge in [0.1, 0.15) is 0 Å². The van der Waals surface area contributed by atoms with Crippen LogP contribution >= 0.6 is 0 Å². The van der Waals surface area contributed by atoms with Gasteiger partial charge < -0.3 is 10.2 Å². The van der Waals surface area contributed by atoms with Gasteiger partial charge in [0.15, 0.2) is 0 Å². The summed E-state index contributed by atoms with van der Waals surface area (Å²) in [6.45, 7) is 13.5. The SMILES string of the molecule is CCCCN1CCC(NC2CC(C)(C)CC2C)CC1. The van der Waals surface area contributed by atoms with Crippen molar-refractivity contribution >= 4 is 0 Å². The first-order valence-electron chi connectivity index (χ1n) is 8.48. The molecule has 0 aromatic carbocycles. The molecule has 0 amide bonds. The number of rotatable bonds is 5. The van der Waals surface area contributed by atoms with Crippen LogP contribution in [-0.4, -0.2) is 36.6 Å². The lowest BCUT2D eigenvalue weighted by atomic mass is 9.91. The number of nitrogens with one attached hydrogen (secondary N) is 1. The van der Waals surface area contributed by atoms with Gasteiger partial charge in [-0.05, 0) is 63.1 Å². The molecule has 1 aliphatic heterocycles. The fourth-order valence-corrected chi connectivity index (χ4v) is 4.12. The first kappa shape index (κ1) is 15.3. The zero-order valence-electron chi connectivity index (χ0n) is 13.5. The fourth-order valence-electron chi connectivity index (χ4n) is 4.12. The van der Waals surface area contributed by atoms with E-state index in [1.807, 2.05) is 0 Å². The molecule has 2 heteroatoms. The van der Waals surface area contributed by atoms with Crippen LogP contribution in [0, 0.1) is 11.3 Å². The van der Waals surface area contributed by atoms with Gasteiger partial charge in [-0.25, -0.2) is 0 Å². The molecule has 19 heavy (non-hydrogen) atoms. The predicted molar refractivity (Wildman–Crippen MR) is 83.5 cm³/mol. The third-order valence-electron chi connectivity index (χ3n) is 5.20. The average molecular weight is 266 g/mol. The van der Waals surface area contributed by atoms with E-state index >= 15 is 0 Å². The minimum absolute atomic E-state index is 0.554. The second kappa shape index (κ2) is 6.58. The molecule has 2 rings (SSSR count). The lowest BCUT2D eigenvalue weighted by Gasteiger charge is -2.34. The van der Waals surface area contributed by atoms with E-state index in [2.05, 4.69) is 37.9 Å². The van der Waals surface area contributed by atoms with Crippen molar-refractivity contribution in [1.29, 1.82) is 0 Å². The van der Waals surface area contributed by atoms with Crippen LogP contribution in [0.3, 0.4) is 0 Å². The Morgan fingerprint density at radius 2 is 1.84 bits per heavy atom. The van der Waals surface area contributed by atoms with Crippen LogP contribution in [0.15, 0.2) is 0 Å². The molecule has 1 N–H and O–H groups in total. The molecule has 2 aliphatic rings. The molecule has 0 aromatic heterocycles. The third-order valence-corrected chi connectivity index (χ3v) is 5.20. The van der Waals surface area contributed by atoms with Crippen molar-refractivity contribution in [2.75, 3.05) is 19.6 Å². The van der Waals surface area contributed by atoms with E-state index in [1.54, 1.807) is 0 Å². The van der Waals surface area contributed by atoms with E-state index in [4.69, 9.17) is 0 Å². The first-order chi connectivity index (χ1) is 9.00. The Labute approximate surface area is 120 Å². The minimum atomic E-state index is 0.554. The normalized spacial score (nSPS) is 32.8. The molecule has 1 aliphatic carbocycles. The molecule has 0 aromatic rings. The Balaban J connectivity index is 1.71. The molecular weight excluding hydrogens is 232 g/mol. The maximum absolute atomic E-state index is 3.97. The molecule has 1 saturated carbocycles. The van der Waals surface area contributed by atoms with Crippen LogP contribution in [-0.2, 0) is 0 Å². The zero-order valence-corrected chi connectivity index (χ0v) is 13.5. The van der Waals surface area contributed by atoms with Crippen molar-refractivity contribution in [2.45, 2.75) is 78.3 Å². The van der Waals surface area contributed by atoms with Gasteiger partial charge in [0.25, 0.3) is 0 Å². The Morgan fingerprint density at radius 3 is 2.37 bits per heavy atom. The molecule has 2 fully saturated rings. The van der Waals surface area contributed by atoms with Crippen LogP contribution in [0.4, 0.5) is 0 Å². The van der Waals surface area contributed by atoms with Crippen molar-refractivity contribution in [2.24, 2.45) is 11.3 Å². The number of unbranched alkanes of at least 4 members (excludes halogenated alkanes) is 1. The maximum Gasteiger partial charge on any atom is 0.0101 e. The maximum atomic E-state index is 3.97. The van der Waals surface area contributed by atoms with Gasteiger partial charge in [0.2, 0.25) is 0 Å². The first-order valence-corrected chi connectivity index (χ1v) is 8.48. The highest BCUT2D eigenvalue weighted by Crippen LogP contribution is 2.41. The van der Waals surface area contributed by atoms with Crippen LogP contribution in [0.1, 0.15) is 66.2 Å². The van der Waals surface area contributed by atoms with Gasteiger partial charge >= 0.3 is 0 Å². The zero-order chi connectivity index (χ0) is 13.9. The molecule has 0 radical (unpaired) electrons. The molecule has 0 spiro atoms. The lowest BCUT2D eigenvalue weighted by molar-refractivity contribution is 0.183. The summed E-state index contributed by atoms with van der Waals surface area (Å²) in [4.78, 5) is 2.66. The fraction of sp³-hybridized carbons (Fsp3) is 1.00. The quantitative estimate of drug-likeness (QED) is 0.817. The predicted octanol–water partition coefficient (Wildman–Crippen LogP) is 3.67. The summed E-state index contributed by atoms with van der Waals surface area (Å²) in [5, 5.41) is 3.97. The van der Waals surface area contributed by atoms with E-state index in [9.17, 15) is 0 Å². The molecule has 0 bridgehead atoms. The molecular formula is C17H34N2. The summed E-state index contributed by atoms with van der Waals surface area (Å²) < 4.78 is 0. The van der Waals surface area contributed by atoms with Crippen molar-refractivity contribution in [1.82, 2.24) is 10.2 Å². The summed E-state index contributed by atoms with van der Waals surface area (Å²) in [6.07, 6.45) is 8.16. The van der Waals surface area contributed by atoms with E-state index < -0.39 is 0 Å². The standard InChI is InChI=1S/C17H34N2/c1-5-6-9-19-10-7-15(8-11-19)18-16-13-17(3,4)12-14(16)2/h14-16,18H,5-13H2,1-4H3. The molecule has 2 nitrogen and oxygen atoms in total. The number of hydrogen-bond donors (Lipinski definition) is 1. The topological polar surface area (TPSA) is 15.3 Å². The van der Waals surface area contributed by atoms with Crippen LogP contribution in [0.5, 0.6) is 0 Å². The largest absolute Gasteiger partial charge is 0.311 e. The second-order valence-corrected chi connectivity index (χ2v) is 7.79. The number of likely N-dealkylation sites (tertiary alicyclic amines) is 1. The summed E-state index contributed by atoms with van der Waals surface area (Å²) in [7, 11) is 0. The van der Waals surface area contributed by atoms with Gasteiger partial charge in [-0.15, -0.1) is 0 Å². The number of nitrogens with zero attached hydrogens (tertiary/aromatic N) is 1. The Kier molecular flexibility index (Phi) is 5.30. The average Bonchev–Trinajstić information content (AvgIpc) is 2.61. The third kappa shape index (κ3) is 4.46. The highest BCUT2D eigenvalue weighted by molar-refractivity contribution is 4.93. The summed E-state index contributed by atoms with van der Waals surface area (Å²) in [5.41, 5.74) is 0.554. The van der Waals surface area contributed by atoms with E-state index in [-0.39, 0.29) is 0 Å². The second-order valence-electron chi connectivity index (χ2n) is 7.79. The van der Waals surface area contributed by atoms with E-state index in [1.165, 1.54) is 58.2 Å². The van der Waals surface area contributed by atoms with Gasteiger partial charge in [0.05, 0.1) is 0 Å². The Bertz CT molecular complexity index is 266. The lowest BCUT2D eigenvalue weighted by Crippen LogP contribution is -2.47. The van der Waals surface area contributed by atoms with Gasteiger partial charge in [-0.3, -0.25) is 0 Å². The molecule has 112 valence electrons. The highest BCUT2D eigenvalue weighted by Gasteiger charge is 2.37. The highest BCUT2D eigenvalue weighted by atomic mass is 15.1. The van der Waals surface area contributed by atoms with E-state index in [0.29, 0.717) is 5.41 Å². The van der Waals surface area contributed by atoms with Crippen LogP contribution in [0.25, 0.3) is 0 Å². The Hall–Kier alpha value is -0.0800. The van der Waals surface area contributed by atoms with Crippen molar-refractivity contribution in [3.05, 3.63) is 0 Å². The van der Waals surface area contributed by atoms with Crippen LogP contribution < -0.4 is 5.32 Å². The summed E-state index contributed by atoms with van der Waals surface area (Å²) in [6, 6.07) is 1.54. The minimum Gasteiger partial charge on any atom is -0.311 e. The van der Waals surface area contributed by atoms with Crippen molar-refractivity contribution in [3.63, 3.8) is 0 Å². The number of hydrogen-bond acceptors (Lipinski definition) is 2. The van der Waals surface area contributed by atoms with Crippen LogP contribution in [0.2, 0.25) is 0 Å². The monoisotopic (exact) mass is 266 g/mol. The van der Waals surface area contributed by atoms with Gasteiger partial charge in [-0.1, -0.05) is 34.1 Å². The van der Waals surface area contributed by atoms with Crippen molar-refractivity contribution in [3.8, 4) is 0 Å². The Morgan fingerprint density at radius 1 is 1.16 bits per heavy atom. The molecule has 1 heterocycles. The molecule has 2 unspecified atom stereocenters. The molecule has 1 saturated heterocycles. The van der Waals surface area contributed by atoms with Crippen molar-refractivity contribution < 1.29 is 0 Å². The van der Waals surface area contributed by atoms with Gasteiger partial charge in [0, 0.05) is 12.1 Å². The van der Waals surface area contributed by atoms with E-state index in [0.717, 1.165) is 18.0 Å². The van der Waals surface area contributed by atoms with Gasteiger partial charge in [-0.2, -0.15) is 0 Å².